The van der Waals surface area contributed by atoms with Crippen molar-refractivity contribution in [3.8, 4) is 5.75 Å². The molecule has 0 aromatic heterocycles. The van der Waals surface area contributed by atoms with Crippen LogP contribution in [0, 0.1) is 17.8 Å². The molecule has 13 heteroatoms. The van der Waals surface area contributed by atoms with Gasteiger partial charge in [0.2, 0.25) is 11.8 Å². The monoisotopic (exact) mass is 728 g/mol. The summed E-state index contributed by atoms with van der Waals surface area (Å²) in [6.45, 7) is 3.21. The highest BCUT2D eigenvalue weighted by molar-refractivity contribution is 5.84. The van der Waals surface area contributed by atoms with Crippen LogP contribution in [0.4, 0.5) is 18.9 Å². The minimum atomic E-state index is -4.53. The molecule has 6 rings (SSSR count). The number of halogens is 3. The Morgan fingerprint density at radius 2 is 1.58 bits per heavy atom. The molecule has 4 aliphatic rings. The third-order valence-electron chi connectivity index (χ3n) is 11.8. The normalized spacial score (nSPS) is 24.7. The zero-order valence-corrected chi connectivity index (χ0v) is 30.3. The molecule has 2 aromatic carbocycles. The van der Waals surface area contributed by atoms with Gasteiger partial charge in [-0.2, -0.15) is 13.2 Å². The Morgan fingerprint density at radius 1 is 0.865 bits per heavy atom. The van der Waals surface area contributed by atoms with E-state index in [9.17, 15) is 27.6 Å². The Bertz CT molecular complexity index is 1560. The first-order valence-electron chi connectivity index (χ1n) is 18.5. The molecule has 1 unspecified atom stereocenters. The number of carbonyl (C=O) groups is 3. The summed E-state index contributed by atoms with van der Waals surface area (Å²) in [6, 6.07) is 12.4. The topological polar surface area (TPSA) is 101 Å². The average Bonchev–Trinajstić information content (AvgIpc) is 3.94. The van der Waals surface area contributed by atoms with Gasteiger partial charge in [0.1, 0.15) is 12.3 Å². The van der Waals surface area contributed by atoms with E-state index < -0.39 is 17.7 Å². The summed E-state index contributed by atoms with van der Waals surface area (Å²) in [6.07, 6.45) is 1.00. The first-order valence-corrected chi connectivity index (χ1v) is 18.5. The lowest BCUT2D eigenvalue weighted by molar-refractivity contribution is -0.141. The van der Waals surface area contributed by atoms with Crippen LogP contribution in [0.2, 0.25) is 0 Å². The number of anilines is 1. The molecule has 0 radical (unpaired) electrons. The van der Waals surface area contributed by atoms with Crippen molar-refractivity contribution in [2.24, 2.45) is 17.8 Å². The maximum absolute atomic E-state index is 14.6. The Kier molecular flexibility index (Phi) is 12.0. The summed E-state index contributed by atoms with van der Waals surface area (Å²) >= 11 is 0. The average molecular weight is 729 g/mol. The Balaban J connectivity index is 1.24. The van der Waals surface area contributed by atoms with Crippen molar-refractivity contribution in [2.75, 3.05) is 78.6 Å². The lowest BCUT2D eigenvalue weighted by Crippen LogP contribution is -2.42. The number of alkyl halides is 3. The summed E-state index contributed by atoms with van der Waals surface area (Å²) in [5.41, 5.74) is 1.60. The molecule has 1 saturated carbocycles. The molecule has 4 fully saturated rings. The molecule has 2 aromatic rings. The molecule has 3 saturated heterocycles. The highest BCUT2D eigenvalue weighted by Crippen LogP contribution is 2.44. The number of esters is 1. The molecular weight excluding hydrogens is 677 g/mol. The number of hydrogen-bond donors (Lipinski definition) is 1. The molecule has 3 heterocycles. The summed E-state index contributed by atoms with van der Waals surface area (Å²) in [7, 11) is 4.49. The number of piperidine rings is 1. The van der Waals surface area contributed by atoms with Crippen molar-refractivity contribution < 1.29 is 41.8 Å². The minimum Gasteiger partial charge on any atom is -0.497 e. The second-order valence-electron chi connectivity index (χ2n) is 14.8. The highest BCUT2D eigenvalue weighted by atomic mass is 19.4. The molecule has 1 aliphatic carbocycles. The molecule has 1 N–H and O–H groups in total. The number of benzene rings is 2. The van der Waals surface area contributed by atoms with Crippen LogP contribution >= 0.6 is 0 Å². The van der Waals surface area contributed by atoms with Crippen LogP contribution in [0.25, 0.3) is 0 Å². The highest BCUT2D eigenvalue weighted by Gasteiger charge is 2.46. The van der Waals surface area contributed by atoms with Gasteiger partial charge in [-0.05, 0) is 61.1 Å². The minimum absolute atomic E-state index is 0.0201. The van der Waals surface area contributed by atoms with Crippen molar-refractivity contribution in [3.05, 3.63) is 59.2 Å². The van der Waals surface area contributed by atoms with E-state index in [1.54, 1.807) is 20.3 Å². The molecule has 10 nitrogen and oxygen atoms in total. The van der Waals surface area contributed by atoms with Gasteiger partial charge in [0.15, 0.2) is 0 Å². The van der Waals surface area contributed by atoms with Gasteiger partial charge in [0, 0.05) is 81.8 Å². The van der Waals surface area contributed by atoms with Gasteiger partial charge in [-0.3, -0.25) is 19.3 Å². The van der Waals surface area contributed by atoms with Crippen molar-refractivity contribution in [1.82, 2.24) is 15.1 Å². The number of nitrogens with zero attached hydrogens (tertiary/aromatic N) is 3. The van der Waals surface area contributed by atoms with E-state index in [1.807, 2.05) is 21.9 Å². The fraction of sp³-hybridized carbons (Fsp3) is 0.615. The van der Waals surface area contributed by atoms with Crippen LogP contribution in [0.5, 0.6) is 5.75 Å². The quantitative estimate of drug-likeness (QED) is 0.321. The van der Waals surface area contributed by atoms with Crippen molar-refractivity contribution in [1.29, 1.82) is 0 Å². The molecule has 0 bridgehead atoms. The zero-order valence-electron chi connectivity index (χ0n) is 30.3. The third-order valence-corrected chi connectivity index (χ3v) is 11.8. The SMILES string of the molecule is COC[C@H]1CN(C(=O)C2CN(C3CCCC3)C[C@H]2c2ccc(OC)cc2)C[C@@H]1c1ccc(C(F)(F)F)cc1N1CCC(C(=O)NCC(=O)OC)CC1. The van der Waals surface area contributed by atoms with Crippen LogP contribution in [0.3, 0.4) is 0 Å². The maximum atomic E-state index is 14.6. The van der Waals surface area contributed by atoms with E-state index >= 15 is 0 Å². The Hall–Kier alpha value is -3.84. The van der Waals surface area contributed by atoms with Gasteiger partial charge < -0.3 is 29.3 Å². The molecule has 0 spiro atoms. The predicted molar refractivity (Wildman–Crippen MR) is 189 cm³/mol. The van der Waals surface area contributed by atoms with Crippen molar-refractivity contribution in [3.63, 3.8) is 0 Å². The second kappa shape index (κ2) is 16.4. The fourth-order valence-electron chi connectivity index (χ4n) is 8.93. The van der Waals surface area contributed by atoms with Gasteiger partial charge in [-0.1, -0.05) is 31.0 Å². The smallest absolute Gasteiger partial charge is 0.416 e. The van der Waals surface area contributed by atoms with Crippen LogP contribution in [-0.2, 0) is 30.0 Å². The number of amides is 2. The van der Waals surface area contributed by atoms with Gasteiger partial charge in [0.25, 0.3) is 0 Å². The Labute approximate surface area is 303 Å². The van der Waals surface area contributed by atoms with Crippen LogP contribution in [-0.4, -0.2) is 107 Å². The lowest BCUT2D eigenvalue weighted by atomic mass is 9.86. The number of methoxy groups -OCH3 is 3. The van der Waals surface area contributed by atoms with Gasteiger partial charge in [-0.25, -0.2) is 0 Å². The maximum Gasteiger partial charge on any atom is 0.416 e. The van der Waals surface area contributed by atoms with Crippen LogP contribution in [0.1, 0.15) is 67.1 Å². The molecule has 2 amide bonds. The first-order chi connectivity index (χ1) is 25.0. The van der Waals surface area contributed by atoms with Crippen molar-refractivity contribution in [2.45, 2.75) is 62.6 Å². The molecule has 52 heavy (non-hydrogen) atoms. The number of rotatable bonds is 11. The molecule has 4 atom stereocenters. The van der Waals surface area contributed by atoms with Gasteiger partial charge >= 0.3 is 12.1 Å². The van der Waals surface area contributed by atoms with E-state index in [1.165, 1.54) is 26.0 Å². The summed E-state index contributed by atoms with van der Waals surface area (Å²) in [5, 5.41) is 2.60. The predicted octanol–water partition coefficient (Wildman–Crippen LogP) is 5.07. The molecular formula is C39H51F3N4O6. The molecule has 284 valence electrons. The van der Waals surface area contributed by atoms with Crippen LogP contribution in [0.15, 0.2) is 42.5 Å². The fourth-order valence-corrected chi connectivity index (χ4v) is 8.93. The van der Waals surface area contributed by atoms with Crippen LogP contribution < -0.4 is 15.0 Å². The summed E-state index contributed by atoms with van der Waals surface area (Å²) < 4.78 is 58.0. The van der Waals surface area contributed by atoms with Gasteiger partial charge in [-0.15, -0.1) is 0 Å². The van der Waals surface area contributed by atoms with Crippen molar-refractivity contribution >= 4 is 23.5 Å². The standard InChI is InChI=1S/C39H51F3N4O6/c1-50-24-27-20-46(38(49)34-23-45(29-6-4-5-7-29)21-32(34)25-8-11-30(51-2)12-9-25)22-33(27)31-13-10-28(39(40,41)42)18-35(31)44-16-14-26(15-17-44)37(48)43-19-36(47)52-3/h8-13,18,26-27,29,32-34H,4-7,14-17,19-24H2,1-3H3,(H,43,48)/t27-,32+,33+,34?/m1/s1. The summed E-state index contributed by atoms with van der Waals surface area (Å²) in [5.74, 6) is -0.927. The van der Waals surface area contributed by atoms with E-state index in [4.69, 9.17) is 9.47 Å². The van der Waals surface area contributed by atoms with E-state index in [2.05, 4.69) is 27.1 Å². The number of hydrogen-bond acceptors (Lipinski definition) is 8. The zero-order chi connectivity index (χ0) is 37.0. The number of likely N-dealkylation sites (tertiary alicyclic amines) is 2. The van der Waals surface area contributed by atoms with E-state index in [0.717, 1.165) is 42.3 Å². The van der Waals surface area contributed by atoms with Gasteiger partial charge in [0.05, 0.1) is 32.3 Å². The number of nitrogens with one attached hydrogen (secondary N) is 1. The largest absolute Gasteiger partial charge is 0.497 e. The lowest BCUT2D eigenvalue weighted by Gasteiger charge is -2.36. The summed E-state index contributed by atoms with van der Waals surface area (Å²) in [4.78, 5) is 45.2. The van der Waals surface area contributed by atoms with E-state index in [0.29, 0.717) is 63.9 Å². The second-order valence-corrected chi connectivity index (χ2v) is 14.8. The van der Waals surface area contributed by atoms with E-state index in [-0.39, 0.29) is 47.9 Å². The third kappa shape index (κ3) is 8.35. The number of carbonyl (C=O) groups excluding carboxylic acids is 3. The molecule has 3 aliphatic heterocycles. The Morgan fingerprint density at radius 3 is 2.21 bits per heavy atom. The number of ether oxygens (including phenoxy) is 3. The first kappa shape index (κ1) is 37.9.